The van der Waals surface area contributed by atoms with Crippen molar-refractivity contribution in [2.45, 2.75) is 83.9 Å². The first-order chi connectivity index (χ1) is 10.1. The van der Waals surface area contributed by atoms with Crippen LogP contribution in [0.5, 0.6) is 0 Å². The van der Waals surface area contributed by atoms with Gasteiger partial charge in [0.05, 0.1) is 5.60 Å². The van der Waals surface area contributed by atoms with Gasteiger partial charge < -0.3 is 10.1 Å². The Morgan fingerprint density at radius 3 is 2.48 bits per heavy atom. The Morgan fingerprint density at radius 1 is 1.14 bits per heavy atom. The third-order valence-corrected chi connectivity index (χ3v) is 5.37. The van der Waals surface area contributed by atoms with E-state index in [2.05, 4.69) is 37.9 Å². The third-order valence-electron chi connectivity index (χ3n) is 5.37. The Hall–Kier alpha value is -0.120. The van der Waals surface area contributed by atoms with Gasteiger partial charge in [0, 0.05) is 38.3 Å². The Kier molecular flexibility index (Phi) is 6.51. The zero-order chi connectivity index (χ0) is 15.3. The predicted molar refractivity (Wildman–Crippen MR) is 89.7 cm³/mol. The van der Waals surface area contributed by atoms with Gasteiger partial charge in [0.15, 0.2) is 0 Å². The largest absolute Gasteiger partial charge is 0.375 e. The lowest BCUT2D eigenvalue weighted by Crippen LogP contribution is -2.61. The lowest BCUT2D eigenvalue weighted by atomic mass is 9.82. The average Bonchev–Trinajstić information content (AvgIpc) is 2.47. The summed E-state index contributed by atoms with van der Waals surface area (Å²) in [6.07, 6.45) is 8.40. The van der Waals surface area contributed by atoms with Crippen LogP contribution in [-0.2, 0) is 4.74 Å². The maximum atomic E-state index is 5.94. The van der Waals surface area contributed by atoms with Crippen LogP contribution < -0.4 is 5.32 Å². The quantitative estimate of drug-likeness (QED) is 0.812. The van der Waals surface area contributed by atoms with Gasteiger partial charge in [-0.3, -0.25) is 4.90 Å². The lowest BCUT2D eigenvalue weighted by Gasteiger charge is -2.46. The van der Waals surface area contributed by atoms with E-state index in [9.17, 15) is 0 Å². The molecule has 1 heterocycles. The normalized spacial score (nSPS) is 29.7. The number of nitrogens with zero attached hydrogens (tertiary/aromatic N) is 1. The number of rotatable bonds is 6. The maximum Gasteiger partial charge on any atom is 0.0752 e. The van der Waals surface area contributed by atoms with Crippen LogP contribution in [0.1, 0.15) is 66.2 Å². The highest BCUT2D eigenvalue weighted by Gasteiger charge is 2.34. The molecule has 1 aliphatic heterocycles. The molecule has 0 radical (unpaired) electrons. The molecule has 2 atom stereocenters. The summed E-state index contributed by atoms with van der Waals surface area (Å²) in [4.78, 5) is 2.70. The summed E-state index contributed by atoms with van der Waals surface area (Å²) in [5.74, 6) is 0.897. The molecule has 1 aliphatic carbocycles. The van der Waals surface area contributed by atoms with Crippen molar-refractivity contribution >= 4 is 0 Å². The van der Waals surface area contributed by atoms with Crippen molar-refractivity contribution in [1.82, 2.24) is 10.2 Å². The van der Waals surface area contributed by atoms with Crippen molar-refractivity contribution in [3.63, 3.8) is 0 Å². The van der Waals surface area contributed by atoms with E-state index in [1.165, 1.54) is 45.1 Å². The van der Waals surface area contributed by atoms with E-state index in [1.807, 2.05) is 0 Å². The Balaban J connectivity index is 1.95. The fourth-order valence-corrected chi connectivity index (χ4v) is 4.26. The molecule has 2 unspecified atom stereocenters. The molecule has 0 spiro atoms. The van der Waals surface area contributed by atoms with Crippen molar-refractivity contribution in [1.29, 1.82) is 0 Å². The molecule has 0 aromatic rings. The minimum Gasteiger partial charge on any atom is -0.375 e. The molecule has 0 bridgehead atoms. The van der Waals surface area contributed by atoms with Crippen LogP contribution in [0.15, 0.2) is 0 Å². The SMILES string of the molecule is CCOC(C)(C)CN1CC(C2CCCCC2)NCC1CC. The van der Waals surface area contributed by atoms with E-state index in [1.54, 1.807) is 0 Å². The van der Waals surface area contributed by atoms with E-state index in [0.29, 0.717) is 12.1 Å². The van der Waals surface area contributed by atoms with Gasteiger partial charge in [0.25, 0.3) is 0 Å². The molecular weight excluding hydrogens is 260 g/mol. The van der Waals surface area contributed by atoms with Crippen LogP contribution >= 0.6 is 0 Å². The average molecular weight is 296 g/mol. The summed E-state index contributed by atoms with van der Waals surface area (Å²) in [5.41, 5.74) is -0.0311. The zero-order valence-electron chi connectivity index (χ0n) is 14.7. The van der Waals surface area contributed by atoms with Crippen LogP contribution in [0.3, 0.4) is 0 Å². The minimum absolute atomic E-state index is 0.0311. The van der Waals surface area contributed by atoms with Crippen molar-refractivity contribution in [3.8, 4) is 0 Å². The van der Waals surface area contributed by atoms with Crippen LogP contribution in [-0.4, -0.2) is 48.8 Å². The van der Waals surface area contributed by atoms with Gasteiger partial charge in [-0.1, -0.05) is 26.2 Å². The molecule has 2 fully saturated rings. The van der Waals surface area contributed by atoms with Crippen LogP contribution in [0.4, 0.5) is 0 Å². The topological polar surface area (TPSA) is 24.5 Å². The van der Waals surface area contributed by atoms with E-state index in [4.69, 9.17) is 4.74 Å². The number of nitrogens with one attached hydrogen (secondary N) is 1. The second kappa shape index (κ2) is 7.94. The van der Waals surface area contributed by atoms with E-state index < -0.39 is 0 Å². The van der Waals surface area contributed by atoms with Gasteiger partial charge in [-0.2, -0.15) is 0 Å². The standard InChI is InChI=1S/C18H36N2O/c1-5-16-12-19-17(15-10-8-7-9-11-15)13-20(16)14-18(3,4)21-6-2/h15-17,19H,5-14H2,1-4H3. The van der Waals surface area contributed by atoms with Gasteiger partial charge in [-0.25, -0.2) is 0 Å². The second-order valence-electron chi connectivity index (χ2n) is 7.60. The molecule has 2 aliphatic rings. The summed E-state index contributed by atoms with van der Waals surface area (Å²) in [7, 11) is 0. The highest BCUT2D eigenvalue weighted by Crippen LogP contribution is 2.29. The van der Waals surface area contributed by atoms with E-state index in [0.717, 1.165) is 25.6 Å². The van der Waals surface area contributed by atoms with Crippen LogP contribution in [0.25, 0.3) is 0 Å². The fourth-order valence-electron chi connectivity index (χ4n) is 4.26. The fraction of sp³-hybridized carbons (Fsp3) is 1.00. The molecule has 21 heavy (non-hydrogen) atoms. The van der Waals surface area contributed by atoms with Gasteiger partial charge >= 0.3 is 0 Å². The van der Waals surface area contributed by atoms with E-state index in [-0.39, 0.29) is 5.60 Å². The second-order valence-corrected chi connectivity index (χ2v) is 7.60. The van der Waals surface area contributed by atoms with Crippen molar-refractivity contribution < 1.29 is 4.74 Å². The Morgan fingerprint density at radius 2 is 1.86 bits per heavy atom. The first kappa shape index (κ1) is 17.2. The minimum atomic E-state index is -0.0311. The van der Waals surface area contributed by atoms with Gasteiger partial charge in [0.1, 0.15) is 0 Å². The van der Waals surface area contributed by atoms with Gasteiger partial charge in [0.2, 0.25) is 0 Å². The number of hydrogen-bond acceptors (Lipinski definition) is 3. The summed E-state index contributed by atoms with van der Waals surface area (Å²) >= 11 is 0. The molecule has 1 saturated heterocycles. The molecule has 2 rings (SSSR count). The molecule has 0 aromatic heterocycles. The van der Waals surface area contributed by atoms with Crippen LogP contribution in [0.2, 0.25) is 0 Å². The highest BCUT2D eigenvalue weighted by molar-refractivity contribution is 4.92. The van der Waals surface area contributed by atoms with Crippen molar-refractivity contribution in [3.05, 3.63) is 0 Å². The third kappa shape index (κ3) is 4.94. The maximum absolute atomic E-state index is 5.94. The monoisotopic (exact) mass is 296 g/mol. The molecule has 1 saturated carbocycles. The molecular formula is C18H36N2O. The number of ether oxygens (including phenoxy) is 1. The predicted octanol–water partition coefficient (Wildman–Crippen LogP) is 3.43. The van der Waals surface area contributed by atoms with Crippen molar-refractivity contribution in [2.75, 3.05) is 26.2 Å². The molecule has 3 nitrogen and oxygen atoms in total. The molecule has 124 valence electrons. The Labute approximate surface area is 131 Å². The Bertz CT molecular complexity index is 300. The number of piperazine rings is 1. The highest BCUT2D eigenvalue weighted by atomic mass is 16.5. The lowest BCUT2D eigenvalue weighted by molar-refractivity contribution is -0.0521. The first-order valence-corrected chi connectivity index (χ1v) is 9.17. The summed E-state index contributed by atoms with van der Waals surface area (Å²) in [6, 6.07) is 1.37. The molecule has 3 heteroatoms. The summed E-state index contributed by atoms with van der Waals surface area (Å²) < 4.78 is 5.94. The number of hydrogen-bond donors (Lipinski definition) is 1. The molecule has 1 N–H and O–H groups in total. The van der Waals surface area contributed by atoms with Crippen LogP contribution in [0, 0.1) is 5.92 Å². The first-order valence-electron chi connectivity index (χ1n) is 9.17. The van der Waals surface area contributed by atoms with Crippen molar-refractivity contribution in [2.24, 2.45) is 5.92 Å². The molecule has 0 aromatic carbocycles. The van der Waals surface area contributed by atoms with E-state index >= 15 is 0 Å². The molecule has 0 amide bonds. The smallest absolute Gasteiger partial charge is 0.0752 e. The zero-order valence-corrected chi connectivity index (χ0v) is 14.7. The van der Waals surface area contributed by atoms with Gasteiger partial charge in [-0.15, -0.1) is 0 Å². The summed E-state index contributed by atoms with van der Waals surface area (Å²) in [6.45, 7) is 13.1. The summed E-state index contributed by atoms with van der Waals surface area (Å²) in [5, 5.41) is 3.86. The van der Waals surface area contributed by atoms with Gasteiger partial charge in [-0.05, 0) is 46.0 Å².